The van der Waals surface area contributed by atoms with Crippen molar-refractivity contribution in [2.24, 2.45) is 4.99 Å². The maximum absolute atomic E-state index is 4.40. The highest BCUT2D eigenvalue weighted by Crippen LogP contribution is 2.21. The van der Waals surface area contributed by atoms with Crippen LogP contribution in [-0.4, -0.2) is 28.6 Å². The molecule has 1 aliphatic heterocycles. The minimum atomic E-state index is 0.409. The number of benzene rings is 1. The molecule has 0 amide bonds. The van der Waals surface area contributed by atoms with E-state index in [1.807, 2.05) is 18.5 Å². The molecule has 0 spiro atoms. The highest BCUT2D eigenvalue weighted by atomic mass is 15.2. The van der Waals surface area contributed by atoms with Gasteiger partial charge in [0.2, 0.25) is 0 Å². The average molecular weight is 243 g/mol. The fraction of sp³-hybridized carbons (Fsp3) is 0.385. The number of hydrogen-bond acceptors (Lipinski definition) is 4. The van der Waals surface area contributed by atoms with E-state index in [0.29, 0.717) is 6.04 Å². The number of fused-ring (bicyclic) bond motifs is 1. The van der Waals surface area contributed by atoms with Crippen LogP contribution in [0.25, 0.3) is 11.0 Å². The van der Waals surface area contributed by atoms with Crippen LogP contribution in [0, 0.1) is 0 Å². The summed E-state index contributed by atoms with van der Waals surface area (Å²) in [5, 5.41) is 6.49. The number of guanidine groups is 1. The number of anilines is 1. The smallest absolute Gasteiger partial charge is 0.195 e. The van der Waals surface area contributed by atoms with Crippen LogP contribution in [0.15, 0.2) is 29.5 Å². The van der Waals surface area contributed by atoms with Crippen molar-refractivity contribution < 1.29 is 0 Å². The van der Waals surface area contributed by atoms with E-state index >= 15 is 0 Å². The third-order valence-electron chi connectivity index (χ3n) is 3.07. The van der Waals surface area contributed by atoms with Gasteiger partial charge in [0.05, 0.1) is 23.9 Å². The molecule has 18 heavy (non-hydrogen) atoms. The van der Waals surface area contributed by atoms with Gasteiger partial charge >= 0.3 is 0 Å². The third-order valence-corrected chi connectivity index (χ3v) is 3.07. The van der Waals surface area contributed by atoms with Crippen molar-refractivity contribution in [2.45, 2.75) is 19.9 Å². The Hall–Kier alpha value is -2.04. The molecule has 2 N–H and O–H groups in total. The highest BCUT2D eigenvalue weighted by Gasteiger charge is 2.08. The molecule has 1 aliphatic rings. The van der Waals surface area contributed by atoms with Gasteiger partial charge in [-0.1, -0.05) is 0 Å². The molecular weight excluding hydrogens is 226 g/mol. The summed E-state index contributed by atoms with van der Waals surface area (Å²) in [6, 6.07) is 6.59. The largest absolute Gasteiger partial charge is 0.354 e. The van der Waals surface area contributed by atoms with Gasteiger partial charge in [0, 0.05) is 18.3 Å². The molecule has 1 aromatic carbocycles. The molecule has 0 bridgehead atoms. The van der Waals surface area contributed by atoms with Gasteiger partial charge in [-0.3, -0.25) is 4.99 Å². The van der Waals surface area contributed by atoms with Gasteiger partial charge in [-0.25, -0.2) is 4.98 Å². The lowest BCUT2D eigenvalue weighted by molar-refractivity contribution is 0.617. The molecule has 0 atom stereocenters. The first-order chi connectivity index (χ1) is 8.74. The number of nitrogens with zero attached hydrogens (tertiary/aromatic N) is 3. The minimum Gasteiger partial charge on any atom is -0.354 e. The molecule has 94 valence electrons. The van der Waals surface area contributed by atoms with Crippen molar-refractivity contribution in [3.63, 3.8) is 0 Å². The summed E-state index contributed by atoms with van der Waals surface area (Å²) in [6.45, 7) is 6.07. The van der Waals surface area contributed by atoms with Crippen LogP contribution >= 0.6 is 0 Å². The summed E-state index contributed by atoms with van der Waals surface area (Å²) in [5.41, 5.74) is 3.21. The zero-order valence-corrected chi connectivity index (χ0v) is 10.6. The molecule has 0 unspecified atom stereocenters. The fourth-order valence-electron chi connectivity index (χ4n) is 2.13. The van der Waals surface area contributed by atoms with Crippen molar-refractivity contribution in [3.05, 3.63) is 24.5 Å². The van der Waals surface area contributed by atoms with Gasteiger partial charge in [0.25, 0.3) is 0 Å². The lowest BCUT2D eigenvalue weighted by atomic mass is 10.2. The Balaban J connectivity index is 1.96. The number of imidazole rings is 1. The quantitative estimate of drug-likeness (QED) is 0.848. The minimum absolute atomic E-state index is 0.409. The van der Waals surface area contributed by atoms with E-state index in [9.17, 15) is 0 Å². The van der Waals surface area contributed by atoms with Crippen LogP contribution < -0.4 is 10.6 Å². The van der Waals surface area contributed by atoms with Gasteiger partial charge in [-0.15, -0.1) is 0 Å². The maximum Gasteiger partial charge on any atom is 0.195 e. The van der Waals surface area contributed by atoms with Gasteiger partial charge in [-0.05, 0) is 32.0 Å². The Labute approximate surface area is 106 Å². The summed E-state index contributed by atoms with van der Waals surface area (Å²) >= 11 is 0. The van der Waals surface area contributed by atoms with E-state index in [0.717, 1.165) is 35.8 Å². The van der Waals surface area contributed by atoms with Crippen LogP contribution in [0.3, 0.4) is 0 Å². The SMILES string of the molecule is CC(C)n1cnc2ccc(NC3=NCCN3)cc21. The van der Waals surface area contributed by atoms with Crippen molar-refractivity contribution in [1.82, 2.24) is 14.9 Å². The van der Waals surface area contributed by atoms with Gasteiger partial charge in [0.15, 0.2) is 5.96 Å². The lowest BCUT2D eigenvalue weighted by Gasteiger charge is -2.10. The molecule has 3 rings (SSSR count). The topological polar surface area (TPSA) is 54.2 Å². The van der Waals surface area contributed by atoms with Crippen LogP contribution in [0.4, 0.5) is 5.69 Å². The van der Waals surface area contributed by atoms with Crippen molar-refractivity contribution >= 4 is 22.7 Å². The van der Waals surface area contributed by atoms with Gasteiger partial charge in [-0.2, -0.15) is 0 Å². The van der Waals surface area contributed by atoms with E-state index < -0.39 is 0 Å². The number of aliphatic imine (C=N–C) groups is 1. The number of aromatic nitrogens is 2. The van der Waals surface area contributed by atoms with Crippen LogP contribution in [0.1, 0.15) is 19.9 Å². The Bertz CT molecular complexity index is 596. The first kappa shape index (κ1) is 11.1. The predicted octanol–water partition coefficient (Wildman–Crippen LogP) is 1.99. The predicted molar refractivity (Wildman–Crippen MR) is 74.0 cm³/mol. The second-order valence-electron chi connectivity index (χ2n) is 4.73. The summed E-state index contributed by atoms with van der Waals surface area (Å²) in [7, 11) is 0. The molecule has 5 heteroatoms. The molecule has 0 radical (unpaired) electrons. The molecule has 2 aromatic rings. The van der Waals surface area contributed by atoms with Crippen LogP contribution in [-0.2, 0) is 0 Å². The Morgan fingerprint density at radius 3 is 3.00 bits per heavy atom. The molecule has 5 nitrogen and oxygen atoms in total. The summed E-state index contributed by atoms with van der Waals surface area (Å²) in [5.74, 6) is 0.852. The monoisotopic (exact) mass is 243 g/mol. The first-order valence-corrected chi connectivity index (χ1v) is 6.26. The van der Waals surface area contributed by atoms with Crippen molar-refractivity contribution in [3.8, 4) is 0 Å². The molecular formula is C13H17N5. The Morgan fingerprint density at radius 2 is 2.28 bits per heavy atom. The first-order valence-electron chi connectivity index (χ1n) is 6.26. The second-order valence-corrected chi connectivity index (χ2v) is 4.73. The molecule has 0 fully saturated rings. The standard InChI is InChI=1S/C13H17N5/c1-9(2)18-8-16-11-4-3-10(7-12(11)18)17-13-14-5-6-15-13/h3-4,7-9H,5-6H2,1-2H3,(H2,14,15,17). The van der Waals surface area contributed by atoms with Crippen molar-refractivity contribution in [2.75, 3.05) is 18.4 Å². The summed E-state index contributed by atoms with van der Waals surface area (Å²) in [4.78, 5) is 8.73. The van der Waals surface area contributed by atoms with E-state index in [2.05, 4.69) is 45.1 Å². The molecule has 2 heterocycles. The normalized spacial score (nSPS) is 14.9. The number of hydrogen-bond donors (Lipinski definition) is 2. The molecule has 1 aromatic heterocycles. The summed E-state index contributed by atoms with van der Waals surface area (Å²) < 4.78 is 2.17. The van der Waals surface area contributed by atoms with Crippen molar-refractivity contribution in [1.29, 1.82) is 0 Å². The highest BCUT2D eigenvalue weighted by molar-refractivity contribution is 5.96. The fourth-order valence-corrected chi connectivity index (χ4v) is 2.13. The van der Waals surface area contributed by atoms with Crippen LogP contribution in [0.5, 0.6) is 0 Å². The van der Waals surface area contributed by atoms with Gasteiger partial charge < -0.3 is 15.2 Å². The third kappa shape index (κ3) is 1.92. The van der Waals surface area contributed by atoms with E-state index in [-0.39, 0.29) is 0 Å². The average Bonchev–Trinajstić information content (AvgIpc) is 2.97. The number of nitrogens with one attached hydrogen (secondary N) is 2. The Morgan fingerprint density at radius 1 is 1.39 bits per heavy atom. The lowest BCUT2D eigenvalue weighted by Crippen LogP contribution is -2.26. The van der Waals surface area contributed by atoms with Crippen LogP contribution in [0.2, 0.25) is 0 Å². The van der Waals surface area contributed by atoms with E-state index in [1.165, 1.54) is 0 Å². The molecule has 0 aliphatic carbocycles. The summed E-state index contributed by atoms with van der Waals surface area (Å²) in [6.07, 6.45) is 1.89. The molecule has 0 saturated carbocycles. The van der Waals surface area contributed by atoms with Gasteiger partial charge in [0.1, 0.15) is 0 Å². The zero-order chi connectivity index (χ0) is 12.5. The second kappa shape index (κ2) is 4.33. The zero-order valence-electron chi connectivity index (χ0n) is 10.6. The number of rotatable bonds is 2. The molecule has 0 saturated heterocycles. The van der Waals surface area contributed by atoms with E-state index in [1.54, 1.807) is 0 Å². The maximum atomic E-state index is 4.40. The van der Waals surface area contributed by atoms with E-state index in [4.69, 9.17) is 0 Å². The Kier molecular flexibility index (Phi) is 2.66.